The van der Waals surface area contributed by atoms with E-state index in [1.165, 1.54) is 0 Å². The summed E-state index contributed by atoms with van der Waals surface area (Å²) in [6.07, 6.45) is -0.290. The molecule has 0 aliphatic carbocycles. The lowest BCUT2D eigenvalue weighted by Crippen LogP contribution is -2.58. The van der Waals surface area contributed by atoms with Gasteiger partial charge in [-0.2, -0.15) is 5.10 Å². The number of carbonyl (C=O) groups excluding carboxylic acids is 2. The SMILES string of the molecule is Cc1cc2c(cc1NC1CN(C(=O)OC(C)(C)C)C1)N1CC(=O)NN=C1CO2. The molecule has 0 atom stereocenters. The number of fused-ring (bicyclic) bond motifs is 3. The van der Waals surface area contributed by atoms with Crippen LogP contribution in [0.3, 0.4) is 0 Å². The van der Waals surface area contributed by atoms with Crippen molar-refractivity contribution in [1.29, 1.82) is 0 Å². The third kappa shape index (κ3) is 3.56. The Hall–Kier alpha value is -2.97. The lowest BCUT2D eigenvalue weighted by Gasteiger charge is -2.41. The van der Waals surface area contributed by atoms with Crippen LogP contribution in [0.25, 0.3) is 0 Å². The fourth-order valence-corrected chi connectivity index (χ4v) is 3.35. The molecule has 0 saturated carbocycles. The van der Waals surface area contributed by atoms with Crippen molar-refractivity contribution >= 4 is 29.2 Å². The maximum atomic E-state index is 12.1. The first-order valence-corrected chi connectivity index (χ1v) is 9.34. The molecule has 150 valence electrons. The normalized spacial score (nSPS) is 18.9. The summed E-state index contributed by atoms with van der Waals surface area (Å²) in [5.41, 5.74) is 4.79. The molecular formula is C19H25N5O4. The highest BCUT2D eigenvalue weighted by Crippen LogP contribution is 2.38. The second kappa shape index (κ2) is 6.57. The van der Waals surface area contributed by atoms with Crippen molar-refractivity contribution in [3.8, 4) is 5.75 Å². The van der Waals surface area contributed by atoms with Gasteiger partial charge in [-0.3, -0.25) is 4.79 Å². The molecule has 0 radical (unpaired) electrons. The molecule has 9 heteroatoms. The summed E-state index contributed by atoms with van der Waals surface area (Å²) in [6.45, 7) is 9.29. The fourth-order valence-electron chi connectivity index (χ4n) is 3.35. The number of ether oxygens (including phenoxy) is 2. The van der Waals surface area contributed by atoms with E-state index in [2.05, 4.69) is 15.8 Å². The number of nitrogens with zero attached hydrogens (tertiary/aromatic N) is 3. The van der Waals surface area contributed by atoms with Crippen LogP contribution in [0.4, 0.5) is 16.2 Å². The largest absolute Gasteiger partial charge is 0.483 e. The van der Waals surface area contributed by atoms with E-state index in [9.17, 15) is 9.59 Å². The van der Waals surface area contributed by atoms with Crippen LogP contribution in [0.15, 0.2) is 17.2 Å². The number of benzene rings is 1. The van der Waals surface area contributed by atoms with Crippen molar-refractivity contribution < 1.29 is 19.1 Å². The van der Waals surface area contributed by atoms with Gasteiger partial charge >= 0.3 is 6.09 Å². The summed E-state index contributed by atoms with van der Waals surface area (Å²) in [7, 11) is 0. The molecule has 1 saturated heterocycles. The molecule has 4 rings (SSSR count). The van der Waals surface area contributed by atoms with E-state index in [0.29, 0.717) is 25.5 Å². The van der Waals surface area contributed by atoms with Crippen LogP contribution in [0.5, 0.6) is 5.75 Å². The van der Waals surface area contributed by atoms with Crippen LogP contribution in [0.1, 0.15) is 26.3 Å². The first-order valence-electron chi connectivity index (χ1n) is 9.34. The molecule has 3 aliphatic heterocycles. The summed E-state index contributed by atoms with van der Waals surface area (Å²) >= 11 is 0. The number of carbonyl (C=O) groups is 2. The Labute approximate surface area is 163 Å². The predicted octanol–water partition coefficient (Wildman–Crippen LogP) is 1.67. The number of hydrazone groups is 1. The van der Waals surface area contributed by atoms with E-state index >= 15 is 0 Å². The van der Waals surface area contributed by atoms with Gasteiger partial charge in [-0.15, -0.1) is 0 Å². The van der Waals surface area contributed by atoms with E-state index < -0.39 is 5.60 Å². The zero-order chi connectivity index (χ0) is 20.1. The summed E-state index contributed by atoms with van der Waals surface area (Å²) in [5.74, 6) is 1.26. The van der Waals surface area contributed by atoms with E-state index in [4.69, 9.17) is 9.47 Å². The molecule has 2 amide bonds. The molecule has 1 aromatic carbocycles. The number of amidine groups is 1. The number of amides is 2. The zero-order valence-electron chi connectivity index (χ0n) is 16.5. The fraction of sp³-hybridized carbons (Fsp3) is 0.526. The van der Waals surface area contributed by atoms with Crippen LogP contribution >= 0.6 is 0 Å². The average molecular weight is 387 g/mol. The molecule has 0 bridgehead atoms. The van der Waals surface area contributed by atoms with Gasteiger partial charge in [0, 0.05) is 18.8 Å². The molecular weight excluding hydrogens is 362 g/mol. The predicted molar refractivity (Wildman–Crippen MR) is 105 cm³/mol. The molecule has 3 heterocycles. The van der Waals surface area contributed by atoms with Crippen molar-refractivity contribution in [2.24, 2.45) is 5.10 Å². The third-order valence-corrected chi connectivity index (χ3v) is 4.77. The van der Waals surface area contributed by atoms with E-state index in [0.717, 1.165) is 22.7 Å². The molecule has 9 nitrogen and oxygen atoms in total. The minimum absolute atomic E-state index is 0.145. The van der Waals surface area contributed by atoms with Gasteiger partial charge < -0.3 is 24.6 Å². The Balaban J connectivity index is 1.45. The Bertz CT molecular complexity index is 855. The van der Waals surface area contributed by atoms with Gasteiger partial charge in [-0.25, -0.2) is 10.2 Å². The van der Waals surface area contributed by atoms with Gasteiger partial charge in [0.25, 0.3) is 5.91 Å². The second-order valence-corrected chi connectivity index (χ2v) is 8.30. The molecule has 2 N–H and O–H groups in total. The summed E-state index contributed by atoms with van der Waals surface area (Å²) in [4.78, 5) is 27.4. The monoisotopic (exact) mass is 387 g/mol. The van der Waals surface area contributed by atoms with Gasteiger partial charge in [0.05, 0.1) is 11.7 Å². The average Bonchev–Trinajstić information content (AvgIpc) is 2.56. The van der Waals surface area contributed by atoms with Gasteiger partial charge in [-0.05, 0) is 45.4 Å². The van der Waals surface area contributed by atoms with Crippen LogP contribution < -0.4 is 20.4 Å². The molecule has 0 spiro atoms. The summed E-state index contributed by atoms with van der Waals surface area (Å²) in [5, 5.41) is 7.55. The highest BCUT2D eigenvalue weighted by molar-refractivity contribution is 6.08. The van der Waals surface area contributed by atoms with Gasteiger partial charge in [0.15, 0.2) is 5.84 Å². The number of aryl methyl sites for hydroxylation is 1. The van der Waals surface area contributed by atoms with Crippen LogP contribution in [0.2, 0.25) is 0 Å². The summed E-state index contributed by atoms with van der Waals surface area (Å²) < 4.78 is 11.2. The van der Waals surface area contributed by atoms with Crippen LogP contribution in [-0.2, 0) is 9.53 Å². The van der Waals surface area contributed by atoms with Crippen molar-refractivity contribution in [2.75, 3.05) is 36.5 Å². The number of hydrogen-bond donors (Lipinski definition) is 2. The van der Waals surface area contributed by atoms with Crippen molar-refractivity contribution in [3.05, 3.63) is 17.7 Å². The third-order valence-electron chi connectivity index (χ3n) is 4.77. The minimum Gasteiger partial charge on any atom is -0.483 e. The highest BCUT2D eigenvalue weighted by atomic mass is 16.6. The quantitative estimate of drug-likeness (QED) is 0.802. The Morgan fingerprint density at radius 2 is 2.11 bits per heavy atom. The minimum atomic E-state index is -0.495. The van der Waals surface area contributed by atoms with E-state index in [1.54, 1.807) is 4.90 Å². The smallest absolute Gasteiger partial charge is 0.410 e. The summed E-state index contributed by atoms with van der Waals surface area (Å²) in [6, 6.07) is 4.09. The van der Waals surface area contributed by atoms with Gasteiger partial charge in [-0.1, -0.05) is 0 Å². The maximum Gasteiger partial charge on any atom is 0.410 e. The number of rotatable bonds is 2. The van der Waals surface area contributed by atoms with E-state index in [1.807, 2.05) is 44.7 Å². The second-order valence-electron chi connectivity index (χ2n) is 8.30. The standard InChI is InChI=1S/C19H25N5O4/c1-11-5-15-14(24-9-17(25)22-21-16(24)10-27-15)6-13(11)20-12-7-23(8-12)18(26)28-19(2,3)4/h5-6,12,20H,7-10H2,1-4H3,(H,22,25). The number of anilines is 2. The molecule has 28 heavy (non-hydrogen) atoms. The molecule has 0 unspecified atom stereocenters. The molecule has 0 aromatic heterocycles. The first kappa shape index (κ1) is 18.4. The first-order chi connectivity index (χ1) is 13.2. The number of nitrogens with one attached hydrogen (secondary N) is 2. The highest BCUT2D eigenvalue weighted by Gasteiger charge is 2.35. The lowest BCUT2D eigenvalue weighted by molar-refractivity contribution is -0.119. The molecule has 1 fully saturated rings. The van der Waals surface area contributed by atoms with Crippen molar-refractivity contribution in [2.45, 2.75) is 39.3 Å². The topological polar surface area (TPSA) is 95.5 Å². The Morgan fingerprint density at radius 3 is 2.82 bits per heavy atom. The van der Waals surface area contributed by atoms with Crippen LogP contribution in [0, 0.1) is 6.92 Å². The lowest BCUT2D eigenvalue weighted by atomic mass is 10.1. The van der Waals surface area contributed by atoms with Crippen molar-refractivity contribution in [3.63, 3.8) is 0 Å². The van der Waals surface area contributed by atoms with E-state index in [-0.39, 0.29) is 24.6 Å². The maximum absolute atomic E-state index is 12.1. The Kier molecular flexibility index (Phi) is 4.32. The molecule has 3 aliphatic rings. The zero-order valence-corrected chi connectivity index (χ0v) is 16.5. The van der Waals surface area contributed by atoms with Crippen LogP contribution in [-0.4, -0.2) is 60.6 Å². The Morgan fingerprint density at radius 1 is 1.36 bits per heavy atom. The number of likely N-dealkylation sites (tertiary alicyclic amines) is 1. The number of hydrogen-bond acceptors (Lipinski definition) is 7. The molecule has 1 aromatic rings. The van der Waals surface area contributed by atoms with Crippen molar-refractivity contribution in [1.82, 2.24) is 10.3 Å². The van der Waals surface area contributed by atoms with Gasteiger partial charge in [0.1, 0.15) is 24.5 Å². The van der Waals surface area contributed by atoms with Gasteiger partial charge in [0.2, 0.25) is 0 Å².